The Balaban J connectivity index is 3.02. The van der Waals surface area contributed by atoms with Crippen molar-refractivity contribution in [3.63, 3.8) is 0 Å². The lowest BCUT2D eigenvalue weighted by Gasteiger charge is -2.22. The lowest BCUT2D eigenvalue weighted by atomic mass is 9.95. The Morgan fingerprint density at radius 2 is 1.60 bits per heavy atom. The van der Waals surface area contributed by atoms with Crippen LogP contribution < -0.4 is 0 Å². The molecular formula is C8H4ClF6. The number of hydrogen-bond acceptors (Lipinski definition) is 0. The Kier molecular flexibility index (Phi) is 3.09. The van der Waals surface area contributed by atoms with Gasteiger partial charge in [0, 0.05) is 11.5 Å². The molecule has 0 nitrogen and oxygen atoms in total. The molecule has 85 valence electrons. The molecule has 0 aromatic carbocycles. The second-order valence-corrected chi connectivity index (χ2v) is 3.32. The smallest absolute Gasteiger partial charge is 0.170 e. The van der Waals surface area contributed by atoms with Crippen molar-refractivity contribution in [3.8, 4) is 0 Å². The SMILES string of the molecule is FC(F)(F)C1=CC(C(F)(F)F)[CH]C(Cl)=C1. The van der Waals surface area contributed by atoms with Crippen LogP contribution >= 0.6 is 11.6 Å². The number of alkyl halides is 6. The van der Waals surface area contributed by atoms with Gasteiger partial charge in [-0.05, 0) is 6.08 Å². The molecule has 0 N–H and O–H groups in total. The van der Waals surface area contributed by atoms with E-state index in [0.29, 0.717) is 12.5 Å². The predicted molar refractivity (Wildman–Crippen MR) is 41.9 cm³/mol. The van der Waals surface area contributed by atoms with E-state index in [-0.39, 0.29) is 6.08 Å². The van der Waals surface area contributed by atoms with Crippen LogP contribution in [-0.4, -0.2) is 12.4 Å². The van der Waals surface area contributed by atoms with Crippen LogP contribution in [0.5, 0.6) is 0 Å². The third-order valence-corrected chi connectivity index (χ3v) is 1.93. The van der Waals surface area contributed by atoms with Gasteiger partial charge >= 0.3 is 12.4 Å². The van der Waals surface area contributed by atoms with Crippen LogP contribution in [0.25, 0.3) is 0 Å². The highest BCUT2D eigenvalue weighted by atomic mass is 35.5. The van der Waals surface area contributed by atoms with E-state index in [1.807, 2.05) is 0 Å². The average molecular weight is 250 g/mol. The van der Waals surface area contributed by atoms with E-state index in [1.54, 1.807) is 0 Å². The molecule has 0 saturated heterocycles. The molecule has 15 heavy (non-hydrogen) atoms. The summed E-state index contributed by atoms with van der Waals surface area (Å²) < 4.78 is 72.8. The van der Waals surface area contributed by atoms with E-state index < -0.39 is 28.9 Å². The Morgan fingerprint density at radius 1 is 1.07 bits per heavy atom. The van der Waals surface area contributed by atoms with E-state index in [9.17, 15) is 26.3 Å². The van der Waals surface area contributed by atoms with Crippen LogP contribution in [0.2, 0.25) is 0 Å². The second kappa shape index (κ2) is 3.73. The highest BCUT2D eigenvalue weighted by molar-refractivity contribution is 6.31. The van der Waals surface area contributed by atoms with Gasteiger partial charge in [-0.2, -0.15) is 26.3 Å². The Morgan fingerprint density at radius 3 is 2.00 bits per heavy atom. The summed E-state index contributed by atoms with van der Waals surface area (Å²) >= 11 is 5.18. The fraction of sp³-hybridized carbons (Fsp3) is 0.375. The number of halogens is 7. The normalized spacial score (nSPS) is 23.5. The van der Waals surface area contributed by atoms with Gasteiger partial charge in [0.25, 0.3) is 0 Å². The molecule has 0 aromatic heterocycles. The van der Waals surface area contributed by atoms with Gasteiger partial charge in [-0.3, -0.25) is 0 Å². The van der Waals surface area contributed by atoms with Crippen molar-refractivity contribution in [1.29, 1.82) is 0 Å². The summed E-state index contributed by atoms with van der Waals surface area (Å²) in [6.45, 7) is 0. The third kappa shape index (κ3) is 3.15. The van der Waals surface area contributed by atoms with E-state index in [1.165, 1.54) is 0 Å². The molecular weight excluding hydrogens is 246 g/mol. The van der Waals surface area contributed by atoms with E-state index in [2.05, 4.69) is 0 Å². The van der Waals surface area contributed by atoms with Gasteiger partial charge in [0.2, 0.25) is 0 Å². The second-order valence-electron chi connectivity index (χ2n) is 2.88. The molecule has 1 aliphatic rings. The van der Waals surface area contributed by atoms with Gasteiger partial charge in [0.15, 0.2) is 0 Å². The van der Waals surface area contributed by atoms with E-state index >= 15 is 0 Å². The topological polar surface area (TPSA) is 0 Å². The minimum atomic E-state index is -4.82. The standard InChI is InChI=1S/C8H4ClF6/c9-6-2-4(7(10,11)12)1-5(3-6)8(13,14)15/h1-4H. The maximum atomic E-state index is 12.1. The van der Waals surface area contributed by atoms with Crippen LogP contribution in [0.1, 0.15) is 0 Å². The van der Waals surface area contributed by atoms with Gasteiger partial charge in [-0.25, -0.2) is 0 Å². The fourth-order valence-corrected chi connectivity index (χ4v) is 1.28. The van der Waals surface area contributed by atoms with Crippen molar-refractivity contribution in [1.82, 2.24) is 0 Å². The molecule has 0 heterocycles. The first-order valence-electron chi connectivity index (χ1n) is 3.68. The molecule has 0 saturated carbocycles. The molecule has 0 bridgehead atoms. The monoisotopic (exact) mass is 249 g/mol. The zero-order valence-electron chi connectivity index (χ0n) is 6.96. The quantitative estimate of drug-likeness (QED) is 0.569. The molecule has 0 fully saturated rings. The van der Waals surface area contributed by atoms with Crippen molar-refractivity contribution < 1.29 is 26.3 Å². The molecule has 1 radical (unpaired) electrons. The minimum absolute atomic E-state index is 0.103. The van der Waals surface area contributed by atoms with Gasteiger partial charge in [-0.1, -0.05) is 17.7 Å². The largest absolute Gasteiger partial charge is 0.416 e. The van der Waals surface area contributed by atoms with Gasteiger partial charge in [-0.15, -0.1) is 0 Å². The fourth-order valence-electron chi connectivity index (χ4n) is 1.02. The van der Waals surface area contributed by atoms with Gasteiger partial charge in [0.1, 0.15) is 0 Å². The van der Waals surface area contributed by atoms with Crippen molar-refractivity contribution in [2.24, 2.45) is 5.92 Å². The van der Waals surface area contributed by atoms with Crippen LogP contribution in [0.3, 0.4) is 0 Å². The van der Waals surface area contributed by atoms with Crippen LogP contribution in [0, 0.1) is 12.3 Å². The zero-order valence-corrected chi connectivity index (χ0v) is 7.71. The maximum Gasteiger partial charge on any atom is 0.416 e. The first-order chi connectivity index (χ1) is 6.60. The van der Waals surface area contributed by atoms with Crippen molar-refractivity contribution in [3.05, 3.63) is 29.2 Å². The molecule has 0 aromatic rings. The number of rotatable bonds is 0. The van der Waals surface area contributed by atoms with Crippen LogP contribution in [0.4, 0.5) is 26.3 Å². The molecule has 0 amide bonds. The zero-order chi connectivity index (χ0) is 11.9. The summed E-state index contributed by atoms with van der Waals surface area (Å²) in [7, 11) is 0. The lowest BCUT2D eigenvalue weighted by Crippen LogP contribution is -2.26. The predicted octanol–water partition coefficient (Wildman–Crippen LogP) is 3.99. The molecule has 1 rings (SSSR count). The Bertz CT molecular complexity index is 308. The summed E-state index contributed by atoms with van der Waals surface area (Å²) in [5, 5.41) is -0.563. The summed E-state index contributed by atoms with van der Waals surface area (Å²) in [4.78, 5) is 0. The first-order valence-corrected chi connectivity index (χ1v) is 4.06. The van der Waals surface area contributed by atoms with E-state index in [4.69, 9.17) is 11.6 Å². The minimum Gasteiger partial charge on any atom is -0.170 e. The van der Waals surface area contributed by atoms with Crippen molar-refractivity contribution in [2.75, 3.05) is 0 Å². The molecule has 0 spiro atoms. The molecule has 1 aliphatic carbocycles. The molecule has 1 atom stereocenters. The highest BCUT2D eigenvalue weighted by Crippen LogP contribution is 2.40. The maximum absolute atomic E-state index is 12.1. The number of hydrogen-bond donors (Lipinski definition) is 0. The van der Waals surface area contributed by atoms with Crippen LogP contribution in [-0.2, 0) is 0 Å². The summed E-state index contributed by atoms with van der Waals surface area (Å²) in [5.74, 6) is -2.29. The molecule has 0 aliphatic heterocycles. The third-order valence-electron chi connectivity index (χ3n) is 1.70. The summed E-state index contributed by atoms with van der Waals surface area (Å²) in [6, 6.07) is 0. The van der Waals surface area contributed by atoms with Gasteiger partial charge < -0.3 is 0 Å². The molecule has 7 heteroatoms. The van der Waals surface area contributed by atoms with Crippen molar-refractivity contribution in [2.45, 2.75) is 12.4 Å². The van der Waals surface area contributed by atoms with Gasteiger partial charge in [0.05, 0.1) is 11.5 Å². The summed E-state index contributed by atoms with van der Waals surface area (Å²) in [5.41, 5.74) is -1.38. The Labute approximate surface area is 86.2 Å². The van der Waals surface area contributed by atoms with E-state index in [0.717, 1.165) is 0 Å². The molecule has 1 unspecified atom stereocenters. The first kappa shape index (κ1) is 12.4. The number of allylic oxidation sites excluding steroid dienone is 4. The average Bonchev–Trinajstić information content (AvgIpc) is 1.99. The highest BCUT2D eigenvalue weighted by Gasteiger charge is 2.43. The summed E-state index contributed by atoms with van der Waals surface area (Å²) in [6.07, 6.45) is -8.49. The van der Waals surface area contributed by atoms with Crippen LogP contribution in [0.15, 0.2) is 22.8 Å². The van der Waals surface area contributed by atoms with Crippen molar-refractivity contribution >= 4 is 11.6 Å². The Hall–Kier alpha value is -0.650. The lowest BCUT2D eigenvalue weighted by molar-refractivity contribution is -0.153.